The Hall–Kier alpha value is -4.74. The molecule has 0 aliphatic heterocycles. The van der Waals surface area contributed by atoms with Gasteiger partial charge in [0.2, 0.25) is 5.91 Å². The van der Waals surface area contributed by atoms with Crippen molar-refractivity contribution in [2.75, 3.05) is 26.0 Å². The van der Waals surface area contributed by atoms with E-state index in [1.165, 1.54) is 11.3 Å². The molecule has 6 heterocycles. The maximum atomic E-state index is 12.2. The second-order valence-corrected chi connectivity index (χ2v) is 10.5. The zero-order valence-corrected chi connectivity index (χ0v) is 22.3. The first-order valence-electron chi connectivity index (χ1n) is 12.2. The molecule has 0 atom stereocenters. The van der Waals surface area contributed by atoms with Gasteiger partial charge < -0.3 is 15.2 Å². The molecule has 0 radical (unpaired) electrons. The summed E-state index contributed by atoms with van der Waals surface area (Å²) in [6.45, 7) is 1.85. The molecular weight excluding hydrogens is 512 g/mol. The van der Waals surface area contributed by atoms with Crippen molar-refractivity contribution >= 4 is 50.7 Å². The second-order valence-electron chi connectivity index (χ2n) is 9.46. The Kier molecular flexibility index (Phi) is 6.21. The van der Waals surface area contributed by atoms with E-state index in [2.05, 4.69) is 35.5 Å². The molecule has 0 aliphatic carbocycles. The highest BCUT2D eigenvalue weighted by Crippen LogP contribution is 2.36. The predicted molar refractivity (Wildman–Crippen MR) is 153 cm³/mol. The summed E-state index contributed by atoms with van der Waals surface area (Å²) in [5, 5.41) is 12.3. The van der Waals surface area contributed by atoms with Crippen LogP contribution in [0.5, 0.6) is 0 Å². The number of pyridine rings is 3. The highest BCUT2D eigenvalue weighted by molar-refractivity contribution is 7.17. The van der Waals surface area contributed by atoms with Crippen LogP contribution in [0.25, 0.3) is 55.0 Å². The van der Waals surface area contributed by atoms with Crippen LogP contribution in [0.3, 0.4) is 0 Å². The topological polar surface area (TPSA) is 133 Å². The van der Waals surface area contributed by atoms with Gasteiger partial charge in [-0.05, 0) is 57.4 Å². The van der Waals surface area contributed by atoms with E-state index >= 15 is 0 Å². The molecule has 0 aliphatic rings. The summed E-state index contributed by atoms with van der Waals surface area (Å²) in [5.74, 6) is -0.0678. The number of hydrogen-bond acceptors (Lipinski definition) is 8. The summed E-state index contributed by atoms with van der Waals surface area (Å²) in [6.07, 6.45) is 6.82. The number of nitrogens with one attached hydrogen (secondary N) is 3. The summed E-state index contributed by atoms with van der Waals surface area (Å²) < 4.78 is 0. The maximum Gasteiger partial charge on any atom is 0.238 e. The molecule has 0 saturated carbocycles. The number of Topliss-reactive ketones (excluding diaryl/α,β-unsaturated/α-hetero) is 1. The molecule has 194 valence electrons. The summed E-state index contributed by atoms with van der Waals surface area (Å²) in [5.41, 5.74) is 6.13. The number of rotatable bonds is 7. The zero-order chi connectivity index (χ0) is 27.1. The minimum Gasteiger partial charge on any atom is -0.338 e. The number of H-pyrrole nitrogens is 2. The Morgan fingerprint density at radius 1 is 1.03 bits per heavy atom. The first-order valence-corrected chi connectivity index (χ1v) is 13.0. The molecule has 6 aromatic rings. The zero-order valence-electron chi connectivity index (χ0n) is 21.4. The SMILES string of the molecule is CC(=O)c1ccc(-c2ccnc3[nH]c(-c4n[nH]c5cnc(-c6cncc(NC(=O)CN(C)C)c6)cc45)cc23)s1. The number of thiophene rings is 1. The van der Waals surface area contributed by atoms with Crippen molar-refractivity contribution in [3.05, 3.63) is 66.1 Å². The second kappa shape index (κ2) is 9.86. The molecule has 0 saturated heterocycles. The van der Waals surface area contributed by atoms with Gasteiger partial charge in [0, 0.05) is 39.2 Å². The number of aromatic amines is 2. The number of likely N-dealkylation sites (N-methyl/N-ethyl adjacent to an activating group) is 1. The first kappa shape index (κ1) is 24.6. The Morgan fingerprint density at radius 2 is 1.90 bits per heavy atom. The lowest BCUT2D eigenvalue weighted by Crippen LogP contribution is -2.27. The molecule has 6 rings (SSSR count). The fourth-order valence-electron chi connectivity index (χ4n) is 4.46. The molecule has 3 N–H and O–H groups in total. The summed E-state index contributed by atoms with van der Waals surface area (Å²) in [4.78, 5) is 44.3. The Balaban J connectivity index is 1.37. The minimum atomic E-state index is -0.119. The molecule has 0 fully saturated rings. The minimum absolute atomic E-state index is 0.0513. The third-order valence-corrected chi connectivity index (χ3v) is 7.45. The maximum absolute atomic E-state index is 12.2. The summed E-state index contributed by atoms with van der Waals surface area (Å²) >= 11 is 1.47. The van der Waals surface area contributed by atoms with Gasteiger partial charge in [-0.2, -0.15) is 5.10 Å². The van der Waals surface area contributed by atoms with E-state index < -0.39 is 0 Å². The lowest BCUT2D eigenvalue weighted by Gasteiger charge is -2.10. The van der Waals surface area contributed by atoms with E-state index in [4.69, 9.17) is 0 Å². The molecule has 1 amide bonds. The number of fused-ring (bicyclic) bond motifs is 2. The van der Waals surface area contributed by atoms with Crippen molar-refractivity contribution < 1.29 is 9.59 Å². The van der Waals surface area contributed by atoms with Crippen LogP contribution in [-0.2, 0) is 4.79 Å². The van der Waals surface area contributed by atoms with Crippen molar-refractivity contribution in [1.82, 2.24) is 35.0 Å². The van der Waals surface area contributed by atoms with Crippen molar-refractivity contribution in [3.8, 4) is 33.1 Å². The number of amides is 1. The molecule has 11 heteroatoms. The van der Waals surface area contributed by atoms with E-state index in [-0.39, 0.29) is 18.2 Å². The van der Waals surface area contributed by atoms with Gasteiger partial charge in [0.15, 0.2) is 5.78 Å². The van der Waals surface area contributed by atoms with Crippen LogP contribution >= 0.6 is 11.3 Å². The number of ketones is 1. The van der Waals surface area contributed by atoms with Gasteiger partial charge in [-0.3, -0.25) is 24.7 Å². The van der Waals surface area contributed by atoms with Gasteiger partial charge >= 0.3 is 0 Å². The third-order valence-electron chi connectivity index (χ3n) is 6.23. The monoisotopic (exact) mass is 536 g/mol. The average Bonchev–Trinajstić information content (AvgIpc) is 3.65. The first-order chi connectivity index (χ1) is 18.9. The quantitative estimate of drug-likeness (QED) is 0.245. The smallest absolute Gasteiger partial charge is 0.238 e. The Morgan fingerprint density at radius 3 is 2.69 bits per heavy atom. The number of aromatic nitrogens is 6. The number of carbonyl (C=O) groups excluding carboxylic acids is 2. The van der Waals surface area contributed by atoms with Crippen LogP contribution in [0.1, 0.15) is 16.6 Å². The standard InChI is InChI=1S/C28H24N8O2S/c1-15(37)24-4-5-25(39-24)18-6-7-30-28-19(18)9-22(33-28)27-20-10-21(31-13-23(20)34-35-27)16-8-17(12-29-11-16)32-26(38)14-36(2)3/h4-13H,14H2,1-3H3,(H,30,33)(H,32,38)(H,34,35). The fourth-order valence-corrected chi connectivity index (χ4v) is 5.40. The molecule has 0 unspecified atom stereocenters. The van der Waals surface area contributed by atoms with Crippen molar-refractivity contribution in [3.63, 3.8) is 0 Å². The van der Waals surface area contributed by atoms with Crippen molar-refractivity contribution in [1.29, 1.82) is 0 Å². The van der Waals surface area contributed by atoms with Gasteiger partial charge in [-0.25, -0.2) is 4.98 Å². The summed E-state index contributed by atoms with van der Waals surface area (Å²) in [6, 6.07) is 11.6. The van der Waals surface area contributed by atoms with E-state index in [0.29, 0.717) is 11.4 Å². The predicted octanol–water partition coefficient (Wildman–Crippen LogP) is 4.99. The molecule has 0 spiro atoms. The van der Waals surface area contributed by atoms with E-state index in [1.807, 2.05) is 50.5 Å². The molecule has 6 aromatic heterocycles. The largest absolute Gasteiger partial charge is 0.338 e. The molecule has 0 bridgehead atoms. The molecule has 0 aromatic carbocycles. The van der Waals surface area contributed by atoms with E-state index in [9.17, 15) is 9.59 Å². The normalized spacial score (nSPS) is 11.5. The highest BCUT2D eigenvalue weighted by atomic mass is 32.1. The van der Waals surface area contributed by atoms with Crippen molar-refractivity contribution in [2.45, 2.75) is 6.92 Å². The Labute approximate surface area is 227 Å². The van der Waals surface area contributed by atoms with Crippen LogP contribution in [-0.4, -0.2) is 67.4 Å². The highest BCUT2D eigenvalue weighted by Gasteiger charge is 2.17. The lowest BCUT2D eigenvalue weighted by atomic mass is 10.1. The van der Waals surface area contributed by atoms with E-state index in [1.54, 1.807) is 36.6 Å². The van der Waals surface area contributed by atoms with Crippen LogP contribution in [0.2, 0.25) is 0 Å². The van der Waals surface area contributed by atoms with Gasteiger partial charge in [0.1, 0.15) is 11.3 Å². The van der Waals surface area contributed by atoms with E-state index in [0.717, 1.165) is 54.2 Å². The summed E-state index contributed by atoms with van der Waals surface area (Å²) in [7, 11) is 3.68. The number of anilines is 1. The molecular formula is C28H24N8O2S. The number of nitrogens with zero attached hydrogens (tertiary/aromatic N) is 5. The van der Waals surface area contributed by atoms with Gasteiger partial charge in [0.05, 0.1) is 46.4 Å². The van der Waals surface area contributed by atoms with Gasteiger partial charge in [-0.15, -0.1) is 11.3 Å². The number of carbonyl (C=O) groups is 2. The van der Waals surface area contributed by atoms with Crippen LogP contribution in [0, 0.1) is 0 Å². The van der Waals surface area contributed by atoms with Crippen LogP contribution < -0.4 is 5.32 Å². The molecule has 39 heavy (non-hydrogen) atoms. The van der Waals surface area contributed by atoms with Gasteiger partial charge in [0.25, 0.3) is 0 Å². The van der Waals surface area contributed by atoms with Crippen molar-refractivity contribution in [2.24, 2.45) is 0 Å². The average molecular weight is 537 g/mol. The molecule has 10 nitrogen and oxygen atoms in total. The van der Waals surface area contributed by atoms with Gasteiger partial charge in [-0.1, -0.05) is 0 Å². The lowest BCUT2D eigenvalue weighted by molar-refractivity contribution is -0.116. The van der Waals surface area contributed by atoms with Crippen LogP contribution in [0.4, 0.5) is 5.69 Å². The number of hydrogen-bond donors (Lipinski definition) is 3. The Bertz CT molecular complexity index is 1870. The fraction of sp³-hybridized carbons (Fsp3) is 0.143. The third kappa shape index (κ3) is 4.80. The van der Waals surface area contributed by atoms with Crippen LogP contribution in [0.15, 0.2) is 61.2 Å².